The van der Waals surface area contributed by atoms with Crippen molar-refractivity contribution in [3.63, 3.8) is 0 Å². The minimum atomic E-state index is 0.288. The van der Waals surface area contributed by atoms with Crippen LogP contribution in [0.5, 0.6) is 0 Å². The summed E-state index contributed by atoms with van der Waals surface area (Å²) < 4.78 is 0. The van der Waals surface area contributed by atoms with Crippen LogP contribution in [0, 0.1) is 11.8 Å². The Morgan fingerprint density at radius 3 is 2.00 bits per heavy atom. The molecule has 1 saturated carbocycles. The first kappa shape index (κ1) is 15.1. The average molecular weight is 293 g/mol. The predicted octanol–water partition coefficient (Wildman–Crippen LogP) is 2.64. The standard InChI is InChI=1S/C17H31N3O/c1-14-3-5-16(6-4-14)18-9-11-19(12-10-18)17(21)20-8-7-15(2)13-20/h14-16H,3-13H2,1-2H3/t14?,15-,16?/m1/s1. The first-order valence-electron chi connectivity index (χ1n) is 8.91. The largest absolute Gasteiger partial charge is 0.324 e. The fourth-order valence-electron chi connectivity index (χ4n) is 4.19. The van der Waals surface area contributed by atoms with Crippen molar-refractivity contribution < 1.29 is 4.79 Å². The number of carbonyl (C=O) groups excluding carboxylic acids is 1. The number of carbonyl (C=O) groups is 1. The molecule has 2 saturated heterocycles. The van der Waals surface area contributed by atoms with Crippen molar-refractivity contribution >= 4 is 6.03 Å². The van der Waals surface area contributed by atoms with Crippen LogP contribution in [0.15, 0.2) is 0 Å². The van der Waals surface area contributed by atoms with Gasteiger partial charge in [0, 0.05) is 45.3 Å². The summed E-state index contributed by atoms with van der Waals surface area (Å²) in [6.45, 7) is 10.5. The number of likely N-dealkylation sites (tertiary alicyclic amines) is 1. The summed E-state index contributed by atoms with van der Waals surface area (Å²) in [6, 6.07) is 1.07. The van der Waals surface area contributed by atoms with E-state index < -0.39 is 0 Å². The molecule has 120 valence electrons. The van der Waals surface area contributed by atoms with Crippen molar-refractivity contribution in [1.29, 1.82) is 0 Å². The van der Waals surface area contributed by atoms with Crippen molar-refractivity contribution in [3.8, 4) is 0 Å². The van der Waals surface area contributed by atoms with E-state index in [1.165, 1.54) is 32.1 Å². The highest BCUT2D eigenvalue weighted by atomic mass is 16.2. The molecule has 0 unspecified atom stereocenters. The average Bonchev–Trinajstić information content (AvgIpc) is 2.94. The Morgan fingerprint density at radius 1 is 0.762 bits per heavy atom. The van der Waals surface area contributed by atoms with E-state index in [1.807, 2.05) is 0 Å². The Balaban J connectivity index is 1.45. The van der Waals surface area contributed by atoms with Gasteiger partial charge in [-0.15, -0.1) is 0 Å². The molecule has 0 spiro atoms. The van der Waals surface area contributed by atoms with Gasteiger partial charge in [0.05, 0.1) is 0 Å². The molecule has 0 N–H and O–H groups in total. The van der Waals surface area contributed by atoms with Crippen molar-refractivity contribution in [1.82, 2.24) is 14.7 Å². The van der Waals surface area contributed by atoms with Gasteiger partial charge >= 0.3 is 6.03 Å². The van der Waals surface area contributed by atoms with Crippen LogP contribution in [0.25, 0.3) is 0 Å². The minimum absolute atomic E-state index is 0.288. The highest BCUT2D eigenvalue weighted by Crippen LogP contribution is 2.28. The van der Waals surface area contributed by atoms with Crippen molar-refractivity contribution in [2.45, 2.75) is 52.0 Å². The summed E-state index contributed by atoms with van der Waals surface area (Å²) in [5.41, 5.74) is 0. The Morgan fingerprint density at radius 2 is 1.43 bits per heavy atom. The van der Waals surface area contributed by atoms with E-state index in [1.54, 1.807) is 0 Å². The van der Waals surface area contributed by atoms with Gasteiger partial charge in [0.2, 0.25) is 0 Å². The summed E-state index contributed by atoms with van der Waals surface area (Å²) in [7, 11) is 0. The summed E-state index contributed by atoms with van der Waals surface area (Å²) in [5.74, 6) is 1.60. The molecule has 0 aromatic heterocycles. The number of rotatable bonds is 1. The van der Waals surface area contributed by atoms with Gasteiger partial charge in [-0.2, -0.15) is 0 Å². The van der Waals surface area contributed by atoms with Crippen LogP contribution >= 0.6 is 0 Å². The van der Waals surface area contributed by atoms with Gasteiger partial charge < -0.3 is 9.80 Å². The van der Waals surface area contributed by atoms with Crippen LogP contribution in [0.2, 0.25) is 0 Å². The maximum atomic E-state index is 12.5. The fraction of sp³-hybridized carbons (Fsp3) is 0.941. The van der Waals surface area contributed by atoms with Gasteiger partial charge in [-0.3, -0.25) is 4.90 Å². The summed E-state index contributed by atoms with van der Waals surface area (Å²) in [6.07, 6.45) is 6.66. The molecule has 4 heteroatoms. The first-order chi connectivity index (χ1) is 10.1. The van der Waals surface area contributed by atoms with Crippen LogP contribution in [0.1, 0.15) is 46.0 Å². The van der Waals surface area contributed by atoms with Crippen LogP contribution in [0.3, 0.4) is 0 Å². The van der Waals surface area contributed by atoms with Crippen LogP contribution in [-0.2, 0) is 0 Å². The molecule has 2 heterocycles. The Hall–Kier alpha value is -0.770. The summed E-state index contributed by atoms with van der Waals surface area (Å²) >= 11 is 0. The number of hydrogen-bond acceptors (Lipinski definition) is 2. The second-order valence-corrected chi connectivity index (χ2v) is 7.56. The van der Waals surface area contributed by atoms with E-state index in [0.717, 1.165) is 51.2 Å². The first-order valence-corrected chi connectivity index (χ1v) is 8.91. The normalized spacial score (nSPS) is 35.2. The molecule has 3 fully saturated rings. The van der Waals surface area contributed by atoms with Crippen molar-refractivity contribution in [2.75, 3.05) is 39.3 Å². The zero-order valence-electron chi connectivity index (χ0n) is 13.8. The van der Waals surface area contributed by atoms with Crippen LogP contribution < -0.4 is 0 Å². The Bertz CT molecular complexity index is 357. The number of piperazine rings is 1. The number of amides is 2. The molecule has 0 aromatic rings. The lowest BCUT2D eigenvalue weighted by atomic mass is 9.86. The summed E-state index contributed by atoms with van der Waals surface area (Å²) in [5, 5.41) is 0. The zero-order valence-corrected chi connectivity index (χ0v) is 13.8. The summed E-state index contributed by atoms with van der Waals surface area (Å²) in [4.78, 5) is 19.3. The maximum absolute atomic E-state index is 12.5. The van der Waals surface area contributed by atoms with E-state index in [0.29, 0.717) is 5.92 Å². The maximum Gasteiger partial charge on any atom is 0.320 e. The van der Waals surface area contributed by atoms with Gasteiger partial charge in [0.15, 0.2) is 0 Å². The lowest BCUT2D eigenvalue weighted by Crippen LogP contribution is -2.55. The predicted molar refractivity (Wildman–Crippen MR) is 85.3 cm³/mol. The van der Waals surface area contributed by atoms with Gasteiger partial charge in [0.25, 0.3) is 0 Å². The molecule has 0 radical (unpaired) electrons. The quantitative estimate of drug-likeness (QED) is 0.743. The molecule has 3 aliphatic rings. The smallest absolute Gasteiger partial charge is 0.320 e. The van der Waals surface area contributed by atoms with Crippen LogP contribution in [0.4, 0.5) is 4.79 Å². The number of nitrogens with zero attached hydrogens (tertiary/aromatic N) is 3. The molecular weight excluding hydrogens is 262 g/mol. The molecule has 21 heavy (non-hydrogen) atoms. The molecule has 1 aliphatic carbocycles. The number of urea groups is 1. The molecule has 2 aliphatic heterocycles. The van der Waals surface area contributed by atoms with Crippen molar-refractivity contribution in [3.05, 3.63) is 0 Å². The third kappa shape index (κ3) is 3.53. The molecule has 1 atom stereocenters. The fourth-order valence-corrected chi connectivity index (χ4v) is 4.19. The minimum Gasteiger partial charge on any atom is -0.324 e. The van der Waals surface area contributed by atoms with E-state index >= 15 is 0 Å². The highest BCUT2D eigenvalue weighted by molar-refractivity contribution is 5.74. The molecule has 0 aromatic carbocycles. The Kier molecular flexibility index (Phi) is 4.72. The van der Waals surface area contributed by atoms with Crippen LogP contribution in [-0.4, -0.2) is 66.0 Å². The van der Waals surface area contributed by atoms with E-state index in [4.69, 9.17) is 0 Å². The monoisotopic (exact) mass is 293 g/mol. The molecule has 4 nitrogen and oxygen atoms in total. The molecule has 0 bridgehead atoms. The molecular formula is C17H31N3O. The Labute approximate surface area is 129 Å². The second-order valence-electron chi connectivity index (χ2n) is 7.56. The molecule has 2 amide bonds. The third-order valence-electron chi connectivity index (χ3n) is 5.78. The lowest BCUT2D eigenvalue weighted by Gasteiger charge is -2.42. The SMILES string of the molecule is CC1CCC(N2CCN(C(=O)N3CC[C@@H](C)C3)CC2)CC1. The van der Waals surface area contributed by atoms with Gasteiger partial charge in [-0.25, -0.2) is 4.79 Å². The lowest BCUT2D eigenvalue weighted by molar-refractivity contribution is 0.0743. The van der Waals surface area contributed by atoms with Gasteiger partial charge in [0.1, 0.15) is 0 Å². The zero-order chi connectivity index (χ0) is 14.8. The topological polar surface area (TPSA) is 26.8 Å². The highest BCUT2D eigenvalue weighted by Gasteiger charge is 2.31. The van der Waals surface area contributed by atoms with E-state index in [2.05, 4.69) is 28.5 Å². The van der Waals surface area contributed by atoms with Crippen molar-refractivity contribution in [2.24, 2.45) is 11.8 Å². The third-order valence-corrected chi connectivity index (χ3v) is 5.78. The van der Waals surface area contributed by atoms with E-state index in [9.17, 15) is 4.79 Å². The molecule has 3 rings (SSSR count). The second kappa shape index (κ2) is 6.55. The number of hydrogen-bond donors (Lipinski definition) is 0. The van der Waals surface area contributed by atoms with E-state index in [-0.39, 0.29) is 6.03 Å². The van der Waals surface area contributed by atoms with Gasteiger partial charge in [-0.1, -0.05) is 13.8 Å². The van der Waals surface area contributed by atoms with Gasteiger partial charge in [-0.05, 0) is 43.9 Å².